The van der Waals surface area contributed by atoms with Gasteiger partial charge in [-0.25, -0.2) is 0 Å². The van der Waals surface area contributed by atoms with Crippen LogP contribution >= 0.6 is 0 Å². The van der Waals surface area contributed by atoms with Crippen LogP contribution in [0.5, 0.6) is 0 Å². The molecular weight excluding hydrogens is 831 g/mol. The molecule has 0 saturated heterocycles. The first kappa shape index (κ1) is 46.1. The molecule has 0 unspecified atom stereocenters. The van der Waals surface area contributed by atoms with E-state index in [-0.39, 0.29) is 5.41 Å². The van der Waals surface area contributed by atoms with Crippen molar-refractivity contribution in [2.24, 2.45) is 0 Å². The van der Waals surface area contributed by atoms with Gasteiger partial charge in [-0.15, -0.1) is 16.4 Å². The normalized spacial score (nSPS) is 12.7. The van der Waals surface area contributed by atoms with Gasteiger partial charge in [0.05, 0.1) is 0 Å². The molecule has 0 saturated carbocycles. The van der Waals surface area contributed by atoms with Gasteiger partial charge in [-0.05, 0) is 97.4 Å². The van der Waals surface area contributed by atoms with Gasteiger partial charge in [0.25, 0.3) is 0 Å². The lowest BCUT2D eigenvalue weighted by molar-refractivity contribution is 0.660. The molecule has 0 atom stereocenters. The average molecular weight is 884 g/mol. The van der Waals surface area contributed by atoms with E-state index >= 15 is 0 Å². The van der Waals surface area contributed by atoms with Crippen molar-refractivity contribution in [3.05, 3.63) is 132 Å². The van der Waals surface area contributed by atoms with Gasteiger partial charge in [0.15, 0.2) is 0 Å². The molecule has 15 heteroatoms. The number of furan rings is 1. The van der Waals surface area contributed by atoms with Crippen LogP contribution in [-0.4, -0.2) is 102 Å². The molecule has 1 heterocycles. The molecule has 0 bridgehead atoms. The van der Waals surface area contributed by atoms with Crippen LogP contribution in [0.25, 0.3) is 77.2 Å². The highest BCUT2D eigenvalue weighted by Crippen LogP contribution is 2.50. The second-order valence-corrected chi connectivity index (χ2v) is 21.2. The van der Waals surface area contributed by atoms with Crippen LogP contribution in [0, 0.1) is 0 Å². The van der Waals surface area contributed by atoms with Crippen LogP contribution < -0.4 is 75.9 Å². The molecule has 1 aliphatic rings. The highest BCUT2D eigenvalue weighted by atomic mass is 16.3. The molecule has 0 spiro atoms. The summed E-state index contributed by atoms with van der Waals surface area (Å²) in [5, 5.41) is 4.62. The standard InChI is InChI=1S/C55H52B13NO/c1-55(2)32-12-6-5-10-29(32)30-21-19-26(22-33(30)55)69(25-17-14-24(15-18-25)27-11-7-13-34-35(27)31-20-16-23-8-3-4-9-28(23)54(31)70-34)53-51(67)46(62)39(47(63)52(53)68)37-42(58)40(56)36(41(57)43(37)59)38-44(60)48(64)50(66)49(65)45(38)61/h3-22H,56-68H2,1-2H3. The number of anilines is 3. The monoisotopic (exact) mass is 886 g/mol. The summed E-state index contributed by atoms with van der Waals surface area (Å²) in [5.74, 6) is 0. The molecule has 70 heavy (non-hydrogen) atoms. The molecule has 11 rings (SSSR count). The second-order valence-electron chi connectivity index (χ2n) is 21.2. The van der Waals surface area contributed by atoms with Gasteiger partial charge in [-0.1, -0.05) is 153 Å². The maximum atomic E-state index is 6.64. The largest absolute Gasteiger partial charge is 0.455 e. The number of benzene rings is 9. The summed E-state index contributed by atoms with van der Waals surface area (Å²) in [4.78, 5) is 2.55. The van der Waals surface area contributed by atoms with Gasteiger partial charge < -0.3 is 9.32 Å². The first-order valence-corrected chi connectivity index (χ1v) is 25.2. The van der Waals surface area contributed by atoms with Crippen molar-refractivity contribution in [1.82, 2.24) is 0 Å². The quantitative estimate of drug-likeness (QED) is 0.155. The van der Waals surface area contributed by atoms with E-state index in [9.17, 15) is 0 Å². The molecule has 10 aromatic rings. The van der Waals surface area contributed by atoms with Gasteiger partial charge in [0.1, 0.15) is 113 Å². The topological polar surface area (TPSA) is 16.4 Å². The highest BCUT2D eigenvalue weighted by molar-refractivity contribution is 6.72. The minimum Gasteiger partial charge on any atom is -0.455 e. The van der Waals surface area contributed by atoms with E-state index in [0.717, 1.165) is 44.3 Å². The summed E-state index contributed by atoms with van der Waals surface area (Å²) in [7, 11) is 30.4. The SMILES string of the molecule is Bc1c(B)c(B)c(-c2c(B)c(B)c(-c3c(B)c(B)c(N(c4ccc(-c5cccc6oc7c8ccccc8ccc7c56)cc4)c4ccc5c(c4)C(C)(C)c4ccccc4-5)c(B)c3B)c(B)c2B)c(B)c1B. The summed E-state index contributed by atoms with van der Waals surface area (Å²) in [6, 6.07) is 44.8. The lowest BCUT2D eigenvalue weighted by Crippen LogP contribution is -2.57. The number of hydrogen-bond acceptors (Lipinski definition) is 2. The molecule has 322 valence electrons. The van der Waals surface area contributed by atoms with Gasteiger partial charge in [-0.2, -0.15) is 0 Å². The Morgan fingerprint density at radius 2 is 0.871 bits per heavy atom. The van der Waals surface area contributed by atoms with Gasteiger partial charge in [0, 0.05) is 38.6 Å². The van der Waals surface area contributed by atoms with Gasteiger partial charge >= 0.3 is 0 Å². The van der Waals surface area contributed by atoms with Crippen molar-refractivity contribution in [3.63, 3.8) is 0 Å². The Kier molecular flexibility index (Phi) is 11.0. The van der Waals surface area contributed by atoms with Crippen molar-refractivity contribution >= 4 is 223 Å². The summed E-state index contributed by atoms with van der Waals surface area (Å²) >= 11 is 0. The van der Waals surface area contributed by atoms with E-state index in [1.54, 1.807) is 0 Å². The van der Waals surface area contributed by atoms with Gasteiger partial charge in [-0.3, -0.25) is 0 Å². The predicted molar refractivity (Wildman–Crippen MR) is 346 cm³/mol. The maximum Gasteiger partial charge on any atom is 0.143 e. The zero-order chi connectivity index (χ0) is 49.4. The van der Waals surface area contributed by atoms with Crippen LogP contribution in [0.4, 0.5) is 17.1 Å². The Bertz CT molecular complexity index is 3830. The minimum absolute atomic E-state index is 0.140. The Balaban J connectivity index is 1.10. The van der Waals surface area contributed by atoms with E-state index in [1.807, 2.05) is 0 Å². The Morgan fingerprint density at radius 3 is 1.49 bits per heavy atom. The zero-order valence-corrected chi connectivity index (χ0v) is 43.9. The average Bonchev–Trinajstić information content (AvgIpc) is 3.87. The molecule has 0 aliphatic heterocycles. The molecular formula is C55H52B13NO. The maximum absolute atomic E-state index is 6.64. The van der Waals surface area contributed by atoms with E-state index in [0.29, 0.717) is 0 Å². The van der Waals surface area contributed by atoms with Crippen LogP contribution in [0.3, 0.4) is 0 Å². The Labute approximate surface area is 425 Å². The summed E-state index contributed by atoms with van der Waals surface area (Å²) in [6.45, 7) is 4.76. The summed E-state index contributed by atoms with van der Waals surface area (Å²) in [6.07, 6.45) is 0. The molecule has 0 amide bonds. The highest BCUT2D eigenvalue weighted by Gasteiger charge is 2.36. The minimum atomic E-state index is -0.140. The third kappa shape index (κ3) is 6.59. The number of fused-ring (bicyclic) bond motifs is 8. The molecule has 0 fully saturated rings. The smallest absolute Gasteiger partial charge is 0.143 e. The third-order valence-corrected chi connectivity index (χ3v) is 17.6. The van der Waals surface area contributed by atoms with Crippen molar-refractivity contribution in [1.29, 1.82) is 0 Å². The fourth-order valence-corrected chi connectivity index (χ4v) is 12.8. The van der Waals surface area contributed by atoms with Crippen LogP contribution in [-0.2, 0) is 5.41 Å². The van der Waals surface area contributed by atoms with Crippen LogP contribution in [0.15, 0.2) is 126 Å². The van der Waals surface area contributed by atoms with Crippen molar-refractivity contribution in [2.45, 2.75) is 19.3 Å². The fourth-order valence-electron chi connectivity index (χ4n) is 12.8. The molecule has 1 aromatic heterocycles. The van der Waals surface area contributed by atoms with Crippen molar-refractivity contribution in [3.8, 4) is 44.5 Å². The molecule has 0 radical (unpaired) electrons. The van der Waals surface area contributed by atoms with Crippen LogP contribution in [0.1, 0.15) is 25.0 Å². The summed E-state index contributed by atoms with van der Waals surface area (Å²) < 4.78 is 6.64. The molecule has 9 aromatic carbocycles. The van der Waals surface area contributed by atoms with Crippen molar-refractivity contribution < 1.29 is 4.42 Å². The van der Waals surface area contributed by atoms with Crippen LogP contribution in [0.2, 0.25) is 0 Å². The van der Waals surface area contributed by atoms with E-state index in [4.69, 9.17) is 4.42 Å². The van der Waals surface area contributed by atoms with E-state index in [2.05, 4.69) is 242 Å². The molecule has 1 aliphatic carbocycles. The molecule has 2 nitrogen and oxygen atoms in total. The lowest BCUT2D eigenvalue weighted by atomic mass is 9.55. The summed E-state index contributed by atoms with van der Waals surface area (Å²) in [5.41, 5.74) is 36.3. The first-order chi connectivity index (χ1) is 33.4. The third-order valence-electron chi connectivity index (χ3n) is 17.6. The lowest BCUT2D eigenvalue weighted by Gasteiger charge is -2.34. The number of rotatable bonds is 6. The van der Waals surface area contributed by atoms with Crippen molar-refractivity contribution in [2.75, 3.05) is 4.90 Å². The second kappa shape index (κ2) is 16.7. The number of nitrogens with zero attached hydrogens (tertiary/aromatic N) is 1. The fraction of sp³-hybridized carbons (Fsp3) is 0.0545. The Hall–Kier alpha value is -6.32. The van der Waals surface area contributed by atoms with E-state index in [1.165, 1.54) is 132 Å². The first-order valence-electron chi connectivity index (χ1n) is 25.2. The predicted octanol–water partition coefficient (Wildman–Crippen LogP) is -7.12. The number of hydrogen-bond donors (Lipinski definition) is 0. The van der Waals surface area contributed by atoms with Gasteiger partial charge in [0.2, 0.25) is 0 Å². The Morgan fingerprint density at radius 1 is 0.386 bits per heavy atom. The van der Waals surface area contributed by atoms with E-state index < -0.39 is 0 Å². The zero-order valence-electron chi connectivity index (χ0n) is 43.9. The molecule has 0 N–H and O–H groups in total.